The van der Waals surface area contributed by atoms with Gasteiger partial charge in [-0.15, -0.1) is 11.3 Å². The van der Waals surface area contributed by atoms with Crippen molar-refractivity contribution in [3.63, 3.8) is 0 Å². The molecule has 2 aromatic rings. The molecule has 0 radical (unpaired) electrons. The summed E-state index contributed by atoms with van der Waals surface area (Å²) in [6.45, 7) is 7.87. The molecule has 0 bridgehead atoms. The van der Waals surface area contributed by atoms with E-state index < -0.39 is 5.54 Å². The molecule has 2 N–H and O–H groups in total. The molecule has 0 spiro atoms. The number of hydrogen-bond donors (Lipinski definition) is 2. The third kappa shape index (κ3) is 4.51. The molecule has 0 saturated carbocycles. The molecule has 0 aliphatic carbocycles. The number of nitrogens with zero attached hydrogens (tertiary/aromatic N) is 2. The van der Waals surface area contributed by atoms with Crippen LogP contribution in [0.25, 0.3) is 0 Å². The number of carbonyl (C=O) groups excluding carboxylic acids is 1. The Morgan fingerprint density at radius 1 is 1.24 bits per heavy atom. The van der Waals surface area contributed by atoms with E-state index in [1.165, 1.54) is 5.69 Å². The number of carbonyl (C=O) groups is 1. The Balaban J connectivity index is 1.49. The van der Waals surface area contributed by atoms with Crippen LogP contribution in [0.4, 0.5) is 10.5 Å². The first kappa shape index (κ1) is 17.7. The maximum absolute atomic E-state index is 12.4. The van der Waals surface area contributed by atoms with Crippen LogP contribution in [0.2, 0.25) is 0 Å². The first-order valence-corrected chi connectivity index (χ1v) is 9.63. The highest BCUT2D eigenvalue weighted by Crippen LogP contribution is 2.24. The molecule has 0 atom stereocenters. The summed E-state index contributed by atoms with van der Waals surface area (Å²) in [7, 11) is 0. The topological polar surface area (TPSA) is 57.3 Å². The number of aryl methyl sites for hydroxylation is 1. The highest BCUT2D eigenvalue weighted by molar-refractivity contribution is 7.09. The fourth-order valence-corrected chi connectivity index (χ4v) is 4.00. The molecule has 134 valence electrons. The smallest absolute Gasteiger partial charge is 0.315 e. The van der Waals surface area contributed by atoms with Gasteiger partial charge in [0, 0.05) is 35.9 Å². The molecule has 1 aromatic heterocycles. The van der Waals surface area contributed by atoms with Crippen molar-refractivity contribution in [3.05, 3.63) is 46.4 Å². The maximum atomic E-state index is 12.4. The third-order valence-electron chi connectivity index (χ3n) is 4.53. The Hall–Kier alpha value is -2.08. The predicted molar refractivity (Wildman–Crippen MR) is 103 cm³/mol. The summed E-state index contributed by atoms with van der Waals surface area (Å²) >= 11 is 1.58. The molecule has 1 fully saturated rings. The minimum absolute atomic E-state index is 0.115. The Morgan fingerprint density at radius 3 is 2.52 bits per heavy atom. The number of para-hydroxylation sites is 1. The monoisotopic (exact) mass is 358 g/mol. The van der Waals surface area contributed by atoms with Gasteiger partial charge in [-0.05, 0) is 45.7 Å². The van der Waals surface area contributed by atoms with E-state index in [0.29, 0.717) is 0 Å². The largest absolute Gasteiger partial charge is 0.371 e. The summed E-state index contributed by atoms with van der Waals surface area (Å²) in [5.41, 5.74) is 1.78. The lowest BCUT2D eigenvalue weighted by Crippen LogP contribution is -2.52. The fraction of sp³-hybridized carbons (Fsp3) is 0.474. The Morgan fingerprint density at radius 2 is 1.92 bits per heavy atom. The predicted octanol–water partition coefficient (Wildman–Crippen LogP) is 3.65. The highest BCUT2D eigenvalue weighted by Gasteiger charge is 2.28. The molecule has 1 aliphatic rings. The van der Waals surface area contributed by atoms with Gasteiger partial charge in [-0.1, -0.05) is 18.2 Å². The van der Waals surface area contributed by atoms with Crippen LogP contribution in [0.5, 0.6) is 0 Å². The Labute approximate surface area is 153 Å². The Bertz CT molecular complexity index is 705. The second kappa shape index (κ2) is 7.44. The van der Waals surface area contributed by atoms with Crippen LogP contribution < -0.4 is 15.5 Å². The third-order valence-corrected chi connectivity index (χ3v) is 5.82. The van der Waals surface area contributed by atoms with Crippen molar-refractivity contribution < 1.29 is 4.79 Å². The number of urea groups is 1. The number of rotatable bonds is 4. The summed E-state index contributed by atoms with van der Waals surface area (Å²) in [5.74, 6) is 0. The van der Waals surface area contributed by atoms with Crippen molar-refractivity contribution in [1.82, 2.24) is 15.6 Å². The molecular formula is C19H26N4OS. The number of hydrogen-bond acceptors (Lipinski definition) is 4. The van der Waals surface area contributed by atoms with Gasteiger partial charge in [0.15, 0.2) is 0 Å². The van der Waals surface area contributed by atoms with E-state index in [-0.39, 0.29) is 12.1 Å². The number of aromatic nitrogens is 1. The lowest BCUT2D eigenvalue weighted by molar-refractivity contribution is 0.223. The standard InChI is InChI=1S/C19H26N4OS/c1-14-13-25-17(20-14)19(2,3)22-18(24)21-15-9-11-23(12-10-15)16-7-5-4-6-8-16/h4-8,13,15H,9-12H2,1-3H3,(H2,21,22,24). The van der Waals surface area contributed by atoms with E-state index in [1.54, 1.807) is 11.3 Å². The molecule has 5 nitrogen and oxygen atoms in total. The lowest BCUT2D eigenvalue weighted by Gasteiger charge is -2.34. The average molecular weight is 359 g/mol. The SMILES string of the molecule is Cc1csc(C(C)(C)NC(=O)NC2CCN(c3ccccc3)CC2)n1. The van der Waals surface area contributed by atoms with Gasteiger partial charge in [0.25, 0.3) is 0 Å². The first-order valence-electron chi connectivity index (χ1n) is 8.75. The molecular weight excluding hydrogens is 332 g/mol. The normalized spacial score (nSPS) is 15.9. The molecule has 2 heterocycles. The molecule has 3 rings (SSSR count). The number of benzene rings is 1. The van der Waals surface area contributed by atoms with Gasteiger partial charge in [0.1, 0.15) is 5.01 Å². The molecule has 0 unspecified atom stereocenters. The average Bonchev–Trinajstić information content (AvgIpc) is 3.03. The quantitative estimate of drug-likeness (QED) is 0.877. The molecule has 1 saturated heterocycles. The number of thiazole rings is 1. The van der Waals surface area contributed by atoms with Gasteiger partial charge < -0.3 is 15.5 Å². The summed E-state index contributed by atoms with van der Waals surface area (Å²) in [6.07, 6.45) is 1.91. The van der Waals surface area contributed by atoms with Crippen molar-refractivity contribution in [2.45, 2.75) is 45.2 Å². The van der Waals surface area contributed by atoms with E-state index in [0.717, 1.165) is 36.6 Å². The highest BCUT2D eigenvalue weighted by atomic mass is 32.1. The van der Waals surface area contributed by atoms with Crippen LogP contribution in [0.15, 0.2) is 35.7 Å². The zero-order chi connectivity index (χ0) is 17.9. The molecule has 1 aliphatic heterocycles. The zero-order valence-electron chi connectivity index (χ0n) is 15.1. The van der Waals surface area contributed by atoms with E-state index in [1.807, 2.05) is 32.2 Å². The van der Waals surface area contributed by atoms with Gasteiger partial charge >= 0.3 is 6.03 Å². The number of nitrogens with one attached hydrogen (secondary N) is 2. The zero-order valence-corrected chi connectivity index (χ0v) is 15.9. The van der Waals surface area contributed by atoms with Crippen LogP contribution in [-0.4, -0.2) is 30.1 Å². The molecule has 6 heteroatoms. The van der Waals surface area contributed by atoms with E-state index in [2.05, 4.69) is 44.8 Å². The number of anilines is 1. The van der Waals surface area contributed by atoms with Gasteiger partial charge in [0.2, 0.25) is 0 Å². The van der Waals surface area contributed by atoms with Crippen molar-refractivity contribution in [1.29, 1.82) is 0 Å². The van der Waals surface area contributed by atoms with E-state index in [4.69, 9.17) is 0 Å². The number of piperidine rings is 1. The first-order chi connectivity index (χ1) is 11.9. The lowest BCUT2D eigenvalue weighted by atomic mass is 10.0. The maximum Gasteiger partial charge on any atom is 0.315 e. The van der Waals surface area contributed by atoms with Gasteiger partial charge in [0.05, 0.1) is 5.54 Å². The van der Waals surface area contributed by atoms with Gasteiger partial charge in [-0.25, -0.2) is 9.78 Å². The van der Waals surface area contributed by atoms with E-state index >= 15 is 0 Å². The minimum Gasteiger partial charge on any atom is -0.371 e. The molecule has 1 aromatic carbocycles. The van der Waals surface area contributed by atoms with Crippen LogP contribution >= 0.6 is 11.3 Å². The summed E-state index contributed by atoms with van der Waals surface area (Å²) < 4.78 is 0. The second-order valence-electron chi connectivity index (χ2n) is 7.11. The van der Waals surface area contributed by atoms with Gasteiger partial charge in [-0.2, -0.15) is 0 Å². The number of amides is 2. The summed E-state index contributed by atoms with van der Waals surface area (Å²) in [4.78, 5) is 19.3. The molecule has 2 amide bonds. The van der Waals surface area contributed by atoms with Crippen LogP contribution in [0.3, 0.4) is 0 Å². The summed E-state index contributed by atoms with van der Waals surface area (Å²) in [5, 5.41) is 9.12. The van der Waals surface area contributed by atoms with Gasteiger partial charge in [-0.3, -0.25) is 0 Å². The Kier molecular flexibility index (Phi) is 5.27. The minimum atomic E-state index is -0.465. The summed E-state index contributed by atoms with van der Waals surface area (Å²) in [6, 6.07) is 10.5. The fourth-order valence-electron chi connectivity index (χ4n) is 3.12. The van der Waals surface area contributed by atoms with Crippen molar-refractivity contribution in [2.75, 3.05) is 18.0 Å². The van der Waals surface area contributed by atoms with Crippen molar-refractivity contribution in [2.24, 2.45) is 0 Å². The van der Waals surface area contributed by atoms with Crippen LogP contribution in [0, 0.1) is 6.92 Å². The second-order valence-corrected chi connectivity index (χ2v) is 7.97. The van der Waals surface area contributed by atoms with Crippen LogP contribution in [0.1, 0.15) is 37.4 Å². The van der Waals surface area contributed by atoms with Crippen LogP contribution in [-0.2, 0) is 5.54 Å². The van der Waals surface area contributed by atoms with E-state index in [9.17, 15) is 4.79 Å². The van der Waals surface area contributed by atoms with Crippen molar-refractivity contribution in [3.8, 4) is 0 Å². The molecule has 25 heavy (non-hydrogen) atoms. The van der Waals surface area contributed by atoms with Crippen molar-refractivity contribution >= 4 is 23.1 Å².